The molecule has 0 atom stereocenters. The van der Waals surface area contributed by atoms with E-state index in [1.807, 2.05) is 18.2 Å². The zero-order valence-corrected chi connectivity index (χ0v) is 13.7. The zero-order chi connectivity index (χ0) is 15.9. The van der Waals surface area contributed by atoms with Crippen molar-refractivity contribution in [2.45, 2.75) is 19.1 Å². The Hall–Kier alpha value is -0.790. The molecule has 0 radical (unpaired) electrons. The van der Waals surface area contributed by atoms with E-state index in [9.17, 15) is 13.2 Å². The Morgan fingerprint density at radius 2 is 2.05 bits per heavy atom. The van der Waals surface area contributed by atoms with Crippen LogP contribution in [0, 0.1) is 0 Å². The molecule has 0 aromatic heterocycles. The number of alkyl halides is 3. The van der Waals surface area contributed by atoms with Crippen LogP contribution in [-0.4, -0.2) is 40.0 Å². The summed E-state index contributed by atoms with van der Waals surface area (Å²) in [5.41, 5.74) is 1.81. The van der Waals surface area contributed by atoms with Gasteiger partial charge in [0.1, 0.15) is 0 Å². The second-order valence-corrected chi connectivity index (χ2v) is 5.60. The molecule has 0 heterocycles. The smallest absolute Gasteiger partial charge is 0.383 e. The summed E-state index contributed by atoms with van der Waals surface area (Å²) in [5.74, 6) is 0. The standard InChI is InChI=1S/C14H20BrF3N2O/c1-20(7-5-14(16,17)18)13-4-3-11(9-12(13)15)10-19-6-8-21-2/h3-4,9,19H,5-8,10H2,1-2H3. The lowest BCUT2D eigenvalue weighted by atomic mass is 10.2. The predicted molar refractivity (Wildman–Crippen MR) is 81.7 cm³/mol. The van der Waals surface area contributed by atoms with E-state index < -0.39 is 12.6 Å². The third kappa shape index (κ3) is 7.15. The van der Waals surface area contributed by atoms with Crippen molar-refractivity contribution in [1.82, 2.24) is 5.32 Å². The minimum absolute atomic E-state index is 0.0620. The summed E-state index contributed by atoms with van der Waals surface area (Å²) >= 11 is 3.42. The number of methoxy groups -OCH3 is 1. The number of benzene rings is 1. The first-order valence-electron chi connectivity index (χ1n) is 6.59. The fraction of sp³-hybridized carbons (Fsp3) is 0.571. The number of hydrogen-bond acceptors (Lipinski definition) is 3. The lowest BCUT2D eigenvalue weighted by Gasteiger charge is -2.22. The van der Waals surface area contributed by atoms with E-state index >= 15 is 0 Å². The Bertz CT molecular complexity index is 441. The van der Waals surface area contributed by atoms with Crippen LogP contribution in [0.1, 0.15) is 12.0 Å². The van der Waals surface area contributed by atoms with Crippen molar-refractivity contribution in [2.75, 3.05) is 38.8 Å². The molecule has 0 saturated carbocycles. The van der Waals surface area contributed by atoms with Crippen molar-refractivity contribution in [3.63, 3.8) is 0 Å². The first-order valence-corrected chi connectivity index (χ1v) is 7.39. The number of nitrogens with one attached hydrogen (secondary N) is 1. The Morgan fingerprint density at radius 1 is 1.33 bits per heavy atom. The Labute approximate surface area is 131 Å². The lowest BCUT2D eigenvalue weighted by Crippen LogP contribution is -2.24. The number of ether oxygens (including phenoxy) is 1. The molecule has 0 fully saturated rings. The Kier molecular flexibility index (Phi) is 7.48. The number of nitrogens with zero attached hydrogens (tertiary/aromatic N) is 1. The van der Waals surface area contributed by atoms with Crippen LogP contribution in [0.2, 0.25) is 0 Å². The van der Waals surface area contributed by atoms with Crippen molar-refractivity contribution in [1.29, 1.82) is 0 Å². The molecule has 7 heteroatoms. The maximum absolute atomic E-state index is 12.2. The van der Waals surface area contributed by atoms with Crippen LogP contribution in [-0.2, 0) is 11.3 Å². The summed E-state index contributed by atoms with van der Waals surface area (Å²) in [6.45, 7) is 2.02. The molecule has 1 rings (SSSR count). The molecule has 1 aromatic rings. The number of halogens is 4. The molecular formula is C14H20BrF3N2O. The highest BCUT2D eigenvalue weighted by Crippen LogP contribution is 2.28. The summed E-state index contributed by atoms with van der Waals surface area (Å²) in [6, 6.07) is 5.65. The van der Waals surface area contributed by atoms with Crippen LogP contribution in [0.15, 0.2) is 22.7 Å². The van der Waals surface area contributed by atoms with Gasteiger partial charge in [0, 0.05) is 38.3 Å². The normalized spacial score (nSPS) is 11.7. The summed E-state index contributed by atoms with van der Waals surface area (Å²) < 4.78 is 42.5. The molecule has 120 valence electrons. The van der Waals surface area contributed by atoms with E-state index in [0.717, 1.165) is 22.3 Å². The molecule has 0 spiro atoms. The van der Waals surface area contributed by atoms with E-state index in [1.165, 1.54) is 0 Å². The van der Waals surface area contributed by atoms with Gasteiger partial charge in [-0.15, -0.1) is 0 Å². The molecule has 3 nitrogen and oxygen atoms in total. The molecule has 21 heavy (non-hydrogen) atoms. The first-order chi connectivity index (χ1) is 9.83. The van der Waals surface area contributed by atoms with Crippen molar-refractivity contribution >= 4 is 21.6 Å². The topological polar surface area (TPSA) is 24.5 Å². The van der Waals surface area contributed by atoms with Crippen LogP contribution in [0.5, 0.6) is 0 Å². The average Bonchev–Trinajstić information content (AvgIpc) is 2.40. The molecule has 1 N–H and O–H groups in total. The summed E-state index contributed by atoms with van der Waals surface area (Å²) in [4.78, 5) is 1.60. The summed E-state index contributed by atoms with van der Waals surface area (Å²) in [5, 5.41) is 3.22. The molecule has 0 unspecified atom stereocenters. The van der Waals surface area contributed by atoms with Crippen molar-refractivity contribution in [2.24, 2.45) is 0 Å². The third-order valence-corrected chi connectivity index (χ3v) is 3.60. The lowest BCUT2D eigenvalue weighted by molar-refractivity contribution is -0.132. The maximum atomic E-state index is 12.2. The van der Waals surface area contributed by atoms with Crippen molar-refractivity contribution in [3.05, 3.63) is 28.2 Å². The van der Waals surface area contributed by atoms with Gasteiger partial charge in [0.15, 0.2) is 0 Å². The van der Waals surface area contributed by atoms with Gasteiger partial charge in [-0.25, -0.2) is 0 Å². The van der Waals surface area contributed by atoms with Crippen LogP contribution >= 0.6 is 15.9 Å². The maximum Gasteiger partial charge on any atom is 0.390 e. The highest BCUT2D eigenvalue weighted by atomic mass is 79.9. The average molecular weight is 369 g/mol. The number of anilines is 1. The van der Waals surface area contributed by atoms with E-state index in [0.29, 0.717) is 13.2 Å². The van der Waals surface area contributed by atoms with Crippen molar-refractivity contribution < 1.29 is 17.9 Å². The third-order valence-electron chi connectivity index (χ3n) is 2.97. The van der Waals surface area contributed by atoms with Gasteiger partial charge in [0.25, 0.3) is 0 Å². The minimum Gasteiger partial charge on any atom is -0.383 e. The van der Waals surface area contributed by atoms with E-state index in [1.54, 1.807) is 19.1 Å². The second kappa shape index (κ2) is 8.60. The first kappa shape index (κ1) is 18.3. The highest BCUT2D eigenvalue weighted by molar-refractivity contribution is 9.10. The molecule has 0 bridgehead atoms. The van der Waals surface area contributed by atoms with Gasteiger partial charge in [-0.05, 0) is 33.6 Å². The quantitative estimate of drug-likeness (QED) is 0.709. The Morgan fingerprint density at radius 3 is 2.62 bits per heavy atom. The molecule has 0 aliphatic rings. The van der Waals surface area contributed by atoms with E-state index in [4.69, 9.17) is 4.74 Å². The van der Waals surface area contributed by atoms with Gasteiger partial charge in [-0.1, -0.05) is 6.07 Å². The predicted octanol–water partition coefficient (Wildman–Crippen LogP) is 3.57. The fourth-order valence-corrected chi connectivity index (χ4v) is 2.52. The highest BCUT2D eigenvalue weighted by Gasteiger charge is 2.27. The molecule has 0 saturated heterocycles. The zero-order valence-electron chi connectivity index (χ0n) is 12.1. The van der Waals surface area contributed by atoms with Crippen LogP contribution in [0.25, 0.3) is 0 Å². The molecule has 1 aromatic carbocycles. The second-order valence-electron chi connectivity index (χ2n) is 4.74. The molecular weight excluding hydrogens is 349 g/mol. The molecule has 0 amide bonds. The van der Waals surface area contributed by atoms with E-state index in [2.05, 4.69) is 21.2 Å². The van der Waals surface area contributed by atoms with Gasteiger partial charge in [-0.2, -0.15) is 13.2 Å². The van der Waals surface area contributed by atoms with Gasteiger partial charge >= 0.3 is 6.18 Å². The van der Waals surface area contributed by atoms with Gasteiger partial charge in [0.05, 0.1) is 18.7 Å². The van der Waals surface area contributed by atoms with Gasteiger partial charge < -0.3 is 15.0 Å². The van der Waals surface area contributed by atoms with E-state index in [-0.39, 0.29) is 6.54 Å². The van der Waals surface area contributed by atoms with Crippen LogP contribution in [0.3, 0.4) is 0 Å². The SMILES string of the molecule is COCCNCc1ccc(N(C)CCC(F)(F)F)c(Br)c1. The van der Waals surface area contributed by atoms with Gasteiger partial charge in [-0.3, -0.25) is 0 Å². The fourth-order valence-electron chi connectivity index (χ4n) is 1.79. The Balaban J connectivity index is 2.56. The van der Waals surface area contributed by atoms with Crippen LogP contribution in [0.4, 0.5) is 18.9 Å². The summed E-state index contributed by atoms with van der Waals surface area (Å²) in [6.07, 6.45) is -4.96. The monoisotopic (exact) mass is 368 g/mol. The number of hydrogen-bond donors (Lipinski definition) is 1. The minimum atomic E-state index is -4.13. The van der Waals surface area contributed by atoms with Crippen LogP contribution < -0.4 is 10.2 Å². The molecule has 0 aliphatic carbocycles. The largest absolute Gasteiger partial charge is 0.390 e. The molecule has 0 aliphatic heterocycles. The van der Waals surface area contributed by atoms with Gasteiger partial charge in [0.2, 0.25) is 0 Å². The summed E-state index contributed by atoms with van der Waals surface area (Å²) in [7, 11) is 3.30. The van der Waals surface area contributed by atoms with Crippen molar-refractivity contribution in [3.8, 4) is 0 Å². The number of rotatable bonds is 8.